The number of aromatic amines is 1. The fraction of sp³-hybridized carbons (Fsp3) is 0.405. The second-order valence-electron chi connectivity index (χ2n) is 12.9. The highest BCUT2D eigenvalue weighted by atomic mass is 79.9. The monoisotopic (exact) mass is 750 g/mol. The van der Waals surface area contributed by atoms with Gasteiger partial charge in [-0.15, -0.1) is 11.8 Å². The molecule has 0 radical (unpaired) electrons. The van der Waals surface area contributed by atoms with Gasteiger partial charge in [0, 0.05) is 76.3 Å². The van der Waals surface area contributed by atoms with Crippen LogP contribution in [0.1, 0.15) is 42.0 Å². The highest BCUT2D eigenvalue weighted by molar-refractivity contribution is 9.10. The van der Waals surface area contributed by atoms with Crippen LogP contribution in [0, 0.1) is 6.92 Å². The lowest BCUT2D eigenvalue weighted by Gasteiger charge is -2.37. The number of carbonyl (C=O) groups excluding carboxylic acids is 2. The van der Waals surface area contributed by atoms with Crippen LogP contribution in [0.2, 0.25) is 5.02 Å². The Labute approximate surface area is 300 Å². The Morgan fingerprint density at radius 1 is 1.02 bits per heavy atom. The summed E-state index contributed by atoms with van der Waals surface area (Å²) in [6, 6.07) is 21.4. The van der Waals surface area contributed by atoms with Crippen LogP contribution >= 0.6 is 39.3 Å². The number of likely N-dealkylation sites (tertiary alicyclic amines) is 1. The van der Waals surface area contributed by atoms with E-state index in [4.69, 9.17) is 17.3 Å². The summed E-state index contributed by atoms with van der Waals surface area (Å²) in [6.45, 7) is 9.84. The molecule has 0 saturated carbocycles. The quantitative estimate of drug-likeness (QED) is 0.138. The first-order valence-electron chi connectivity index (χ1n) is 16.7. The number of nitrogens with one attached hydrogen (secondary N) is 2. The molecule has 2 aliphatic rings. The average molecular weight is 752 g/mol. The van der Waals surface area contributed by atoms with E-state index >= 15 is 0 Å². The van der Waals surface area contributed by atoms with Crippen molar-refractivity contribution in [2.24, 2.45) is 5.73 Å². The maximum absolute atomic E-state index is 14.7. The van der Waals surface area contributed by atoms with Crippen molar-refractivity contribution in [1.82, 2.24) is 25.0 Å². The fourth-order valence-electron chi connectivity index (χ4n) is 6.92. The third-order valence-electron chi connectivity index (χ3n) is 9.51. The van der Waals surface area contributed by atoms with Crippen LogP contribution in [0.5, 0.6) is 0 Å². The first kappa shape index (κ1) is 35.0. The lowest BCUT2D eigenvalue weighted by Crippen LogP contribution is -2.49. The summed E-state index contributed by atoms with van der Waals surface area (Å²) in [5.41, 5.74) is 9.62. The molecule has 4 aromatic rings. The predicted molar refractivity (Wildman–Crippen MR) is 199 cm³/mol. The van der Waals surface area contributed by atoms with E-state index in [1.807, 2.05) is 53.6 Å². The molecule has 2 atom stereocenters. The standard InChI is InChI=1S/C37H44BrClN6O2S/c1-26-4-11-30(12-5-26)48-37(36(47)41-15-3-17-44-20-18-43(19-21-44)16-2-14-40)23-34(46)45(25-27-6-8-28(38)9-7-27)35(37)32-24-42-33-22-29(39)10-13-31(32)33/h4-13,22,24,35,42H,2-3,14-21,23,25,40H2,1H3,(H,41,47)/t35-,37-/m0/s1. The van der Waals surface area contributed by atoms with Crippen molar-refractivity contribution in [3.8, 4) is 0 Å². The molecule has 48 heavy (non-hydrogen) atoms. The molecule has 0 aliphatic carbocycles. The van der Waals surface area contributed by atoms with Crippen molar-refractivity contribution in [2.75, 3.05) is 52.4 Å². The van der Waals surface area contributed by atoms with Crippen molar-refractivity contribution >= 4 is 62.0 Å². The lowest BCUT2D eigenvalue weighted by molar-refractivity contribution is -0.129. The highest BCUT2D eigenvalue weighted by Crippen LogP contribution is 2.54. The number of halogens is 2. The van der Waals surface area contributed by atoms with E-state index in [2.05, 4.69) is 67.2 Å². The fourth-order valence-corrected chi connectivity index (χ4v) is 8.77. The van der Waals surface area contributed by atoms with E-state index in [0.29, 0.717) is 18.1 Å². The zero-order valence-corrected chi connectivity index (χ0v) is 30.5. The van der Waals surface area contributed by atoms with E-state index in [-0.39, 0.29) is 18.2 Å². The zero-order valence-electron chi connectivity index (χ0n) is 27.4. The third-order valence-corrected chi connectivity index (χ3v) is 11.7. The number of fused-ring (bicyclic) bond motifs is 1. The van der Waals surface area contributed by atoms with E-state index in [1.54, 1.807) is 0 Å². The molecule has 11 heteroatoms. The normalized spacial score (nSPS) is 20.5. The molecule has 3 aromatic carbocycles. The van der Waals surface area contributed by atoms with Gasteiger partial charge >= 0.3 is 0 Å². The molecule has 6 rings (SSSR count). The van der Waals surface area contributed by atoms with E-state index < -0.39 is 10.8 Å². The molecular weight excluding hydrogens is 708 g/mol. The maximum atomic E-state index is 14.7. The SMILES string of the molecule is Cc1ccc(S[C@@]2(C(=O)NCCCN3CCN(CCCN)CC3)CC(=O)N(Cc3ccc(Br)cc3)[C@H]2c2c[nH]c3cc(Cl)ccc23)cc1. The van der Waals surface area contributed by atoms with Gasteiger partial charge in [0.25, 0.3) is 0 Å². The number of hydrogen-bond acceptors (Lipinski definition) is 6. The molecule has 1 aromatic heterocycles. The number of hydrogen-bond donors (Lipinski definition) is 3. The molecule has 2 saturated heterocycles. The van der Waals surface area contributed by atoms with E-state index in [0.717, 1.165) is 95.6 Å². The zero-order chi connectivity index (χ0) is 33.7. The number of aromatic nitrogens is 1. The summed E-state index contributed by atoms with van der Waals surface area (Å²) in [5.74, 6) is -0.159. The Bertz CT molecular complexity index is 1710. The second-order valence-corrected chi connectivity index (χ2v) is 15.7. The van der Waals surface area contributed by atoms with Gasteiger partial charge in [-0.3, -0.25) is 9.59 Å². The third kappa shape index (κ3) is 7.95. The van der Waals surface area contributed by atoms with Gasteiger partial charge in [0.1, 0.15) is 4.75 Å². The first-order chi connectivity index (χ1) is 23.3. The molecule has 2 aliphatic heterocycles. The molecule has 2 fully saturated rings. The molecule has 0 unspecified atom stereocenters. The minimum atomic E-state index is -1.11. The van der Waals surface area contributed by atoms with Crippen LogP contribution in [0.25, 0.3) is 10.9 Å². The van der Waals surface area contributed by atoms with Gasteiger partial charge in [-0.1, -0.05) is 63.4 Å². The molecule has 3 heterocycles. The summed E-state index contributed by atoms with van der Waals surface area (Å²) in [7, 11) is 0. The number of nitrogens with two attached hydrogens (primary N) is 1. The van der Waals surface area contributed by atoms with Crippen molar-refractivity contribution in [3.63, 3.8) is 0 Å². The number of thioether (sulfide) groups is 1. The number of carbonyl (C=O) groups is 2. The van der Waals surface area contributed by atoms with Crippen LogP contribution in [-0.4, -0.2) is 88.6 Å². The van der Waals surface area contributed by atoms with Crippen LogP contribution in [0.15, 0.2) is 82.3 Å². The summed E-state index contributed by atoms with van der Waals surface area (Å²) in [5, 5.41) is 4.88. The largest absolute Gasteiger partial charge is 0.361 e. The Balaban J connectivity index is 1.29. The van der Waals surface area contributed by atoms with Gasteiger partial charge in [-0.2, -0.15) is 0 Å². The molecule has 2 amide bonds. The van der Waals surface area contributed by atoms with Gasteiger partial charge in [0.15, 0.2) is 0 Å². The van der Waals surface area contributed by atoms with Crippen LogP contribution in [-0.2, 0) is 16.1 Å². The Morgan fingerprint density at radius 2 is 1.71 bits per heavy atom. The Kier molecular flexibility index (Phi) is 11.5. The number of benzene rings is 3. The van der Waals surface area contributed by atoms with Gasteiger partial charge in [0.2, 0.25) is 11.8 Å². The number of aryl methyl sites for hydroxylation is 1. The van der Waals surface area contributed by atoms with Crippen molar-refractivity contribution in [2.45, 2.75) is 48.4 Å². The topological polar surface area (TPSA) is 97.7 Å². The summed E-state index contributed by atoms with van der Waals surface area (Å²) < 4.78 is -0.133. The van der Waals surface area contributed by atoms with Crippen molar-refractivity contribution in [3.05, 3.63) is 99.1 Å². The molecular formula is C37H44BrClN6O2S. The average Bonchev–Trinajstić information content (AvgIpc) is 3.61. The highest BCUT2D eigenvalue weighted by Gasteiger charge is 2.58. The number of H-pyrrole nitrogens is 1. The molecule has 254 valence electrons. The Hall–Kier alpha value is -2.86. The van der Waals surface area contributed by atoms with Crippen molar-refractivity contribution in [1.29, 1.82) is 0 Å². The van der Waals surface area contributed by atoms with Crippen molar-refractivity contribution < 1.29 is 9.59 Å². The molecule has 0 spiro atoms. The predicted octanol–water partition coefficient (Wildman–Crippen LogP) is 6.37. The summed E-state index contributed by atoms with van der Waals surface area (Å²) in [6.07, 6.45) is 3.91. The molecule has 8 nitrogen and oxygen atoms in total. The van der Waals surface area contributed by atoms with Gasteiger partial charge in [-0.25, -0.2) is 0 Å². The van der Waals surface area contributed by atoms with E-state index in [9.17, 15) is 9.59 Å². The minimum Gasteiger partial charge on any atom is -0.361 e. The summed E-state index contributed by atoms with van der Waals surface area (Å²) in [4.78, 5) is 40.1. The Morgan fingerprint density at radius 3 is 2.40 bits per heavy atom. The molecule has 4 N–H and O–H groups in total. The number of amides is 2. The lowest BCUT2D eigenvalue weighted by atomic mass is 9.91. The van der Waals surface area contributed by atoms with Crippen LogP contribution in [0.4, 0.5) is 0 Å². The first-order valence-corrected chi connectivity index (χ1v) is 18.7. The van der Waals surface area contributed by atoms with E-state index in [1.165, 1.54) is 11.8 Å². The van der Waals surface area contributed by atoms with Gasteiger partial charge < -0.3 is 30.7 Å². The minimum absolute atomic E-state index is 0.0477. The maximum Gasteiger partial charge on any atom is 0.239 e. The number of rotatable bonds is 13. The summed E-state index contributed by atoms with van der Waals surface area (Å²) >= 11 is 11.4. The molecule has 0 bridgehead atoms. The second kappa shape index (κ2) is 15.8. The van der Waals surface area contributed by atoms with Gasteiger partial charge in [0.05, 0.1) is 12.5 Å². The number of piperazine rings is 1. The van der Waals surface area contributed by atoms with Crippen LogP contribution < -0.4 is 11.1 Å². The number of nitrogens with zero attached hydrogens (tertiary/aromatic N) is 3. The van der Waals surface area contributed by atoms with Crippen LogP contribution in [0.3, 0.4) is 0 Å². The van der Waals surface area contributed by atoms with Gasteiger partial charge in [-0.05, 0) is 81.4 Å². The smallest absolute Gasteiger partial charge is 0.239 e.